The van der Waals surface area contributed by atoms with Crippen molar-refractivity contribution in [1.82, 2.24) is 41.7 Å². The van der Waals surface area contributed by atoms with E-state index in [1.807, 2.05) is 57.0 Å². The van der Waals surface area contributed by atoms with Gasteiger partial charge in [-0.15, -0.1) is 36.6 Å². The van der Waals surface area contributed by atoms with Crippen molar-refractivity contribution in [1.29, 1.82) is 0 Å². The molecule has 37 heteroatoms. The van der Waals surface area contributed by atoms with Gasteiger partial charge in [-0.1, -0.05) is 67.5 Å². The third kappa shape index (κ3) is 25.3. The van der Waals surface area contributed by atoms with E-state index in [4.69, 9.17) is 61.0 Å². The Morgan fingerprint density at radius 1 is 0.625 bits per heavy atom. The highest BCUT2D eigenvalue weighted by molar-refractivity contribution is 7.82. The molecule has 1 saturated carbocycles. The SMILES string of the molecule is COc1cc2c(cc1OCc1cc(COc3cc4c(cc3OC)C(C)N3Cc5ccsc5CC3C=N4)cc(C[N+](C)(C)Cc3ccc(OS(=O)(=O)Oc4cc(C(=O)NCC(C)(C)COCC(C)(C)CNC(=O)OCC5C6CCC7=C(CC[C@@H]65)N(CC(C)(C)COCC(C)(C)CNC(=O)Cc5ccc(N6C(=O)C=CC6=O)cc5)NN7)ccc4O[C@H]4CC(O)C(O)[C@@H](CO)O4)cc3)c1)N=CC1Cc3sccc3CN1C2=O. The Balaban J connectivity index is 0.479. The molecule has 34 nitrogen and oxygen atoms in total. The fourth-order valence-electron chi connectivity index (χ4n) is 20.1. The van der Waals surface area contributed by atoms with E-state index in [9.17, 15) is 52.5 Å². The van der Waals surface area contributed by atoms with Gasteiger partial charge in [0.05, 0.1) is 121 Å². The minimum atomic E-state index is -5.03. The number of hydrazine groups is 2. The molecule has 10 atom stereocenters. The van der Waals surface area contributed by atoms with Gasteiger partial charge < -0.3 is 97.1 Å². The van der Waals surface area contributed by atoms with Crippen molar-refractivity contribution in [2.45, 2.75) is 196 Å². The summed E-state index contributed by atoms with van der Waals surface area (Å²) < 4.78 is 95.8. The van der Waals surface area contributed by atoms with Crippen molar-refractivity contribution in [2.75, 3.05) is 99.0 Å². The number of methoxy groups -OCH3 is 2. The second kappa shape index (κ2) is 43.4. The predicted octanol–water partition coefficient (Wildman–Crippen LogP) is 13.5. The number of hydrogen-bond acceptors (Lipinski definition) is 30. The highest BCUT2D eigenvalue weighted by Gasteiger charge is 2.52. The van der Waals surface area contributed by atoms with Crippen LogP contribution in [-0.4, -0.2) is 222 Å². The number of rotatable bonds is 41. The van der Waals surface area contributed by atoms with E-state index in [1.165, 1.54) is 69.2 Å². The molecule has 6 amide bonds. The number of anilines is 1. The zero-order valence-electron chi connectivity index (χ0n) is 83.7. The topological polar surface area (TPSA) is 397 Å². The number of nitrogens with zero attached hydrogens (tertiary/aromatic N) is 7. The minimum absolute atomic E-state index is 0.0268. The molecular weight excluding hydrogens is 1900 g/mol. The number of hydrogen-bond donors (Lipinski definition) is 8. The molecule has 0 spiro atoms. The van der Waals surface area contributed by atoms with Gasteiger partial charge in [0.2, 0.25) is 12.2 Å². The molecule has 7 aliphatic heterocycles. The number of carbonyl (C=O) groups is 6. The number of aliphatic imine (C=N–C) groups is 2. The Labute approximate surface area is 848 Å². The number of carbonyl (C=O) groups excluding carboxylic acids is 6. The average molecular weight is 2030 g/mol. The molecule has 768 valence electrons. The number of nitrogens with one attached hydrogen (secondary N) is 5. The van der Waals surface area contributed by atoms with Gasteiger partial charge >= 0.3 is 16.5 Å². The summed E-state index contributed by atoms with van der Waals surface area (Å²) in [7, 11) is 2.32. The Hall–Kier alpha value is -11.9. The predicted molar refractivity (Wildman–Crippen MR) is 543 cm³/mol. The second-order valence-electron chi connectivity index (χ2n) is 42.8. The van der Waals surface area contributed by atoms with Gasteiger partial charge in [-0.3, -0.25) is 43.9 Å². The van der Waals surface area contributed by atoms with Crippen LogP contribution in [0, 0.1) is 39.4 Å². The summed E-state index contributed by atoms with van der Waals surface area (Å²) in [5, 5.41) is 46.7. The van der Waals surface area contributed by atoms with Crippen molar-refractivity contribution in [3.63, 3.8) is 0 Å². The summed E-state index contributed by atoms with van der Waals surface area (Å²) in [6.45, 7) is 23.4. The van der Waals surface area contributed by atoms with Crippen LogP contribution in [0.1, 0.15) is 175 Å². The first-order valence-electron chi connectivity index (χ1n) is 49.0. The number of benzene rings is 6. The lowest BCUT2D eigenvalue weighted by atomic mass is 9.92. The van der Waals surface area contributed by atoms with E-state index < -0.39 is 82.0 Å². The van der Waals surface area contributed by atoms with E-state index in [0.29, 0.717) is 115 Å². The molecule has 2 aliphatic carbocycles. The van der Waals surface area contributed by atoms with E-state index >= 15 is 0 Å². The number of fused-ring (bicyclic) bond motifs is 7. The molecule has 9 heterocycles. The van der Waals surface area contributed by atoms with E-state index in [0.717, 1.165) is 88.2 Å². The number of amides is 6. The van der Waals surface area contributed by atoms with Crippen LogP contribution < -0.4 is 63.9 Å². The maximum absolute atomic E-state index is 14.3. The van der Waals surface area contributed by atoms with Crippen molar-refractivity contribution in [2.24, 2.45) is 49.4 Å². The molecule has 17 rings (SSSR count). The minimum Gasteiger partial charge on any atom is -0.493 e. The Morgan fingerprint density at radius 3 is 1.88 bits per heavy atom. The molecule has 6 aromatic carbocycles. The molecule has 144 heavy (non-hydrogen) atoms. The van der Waals surface area contributed by atoms with E-state index in [1.54, 1.807) is 85.4 Å². The van der Waals surface area contributed by atoms with Gasteiger partial charge in [0.25, 0.3) is 23.6 Å². The maximum atomic E-state index is 14.3. The zero-order chi connectivity index (χ0) is 102. The second-order valence-corrected chi connectivity index (χ2v) is 46.0. The fraction of sp³-hybridized carbons (Fsp3) is 0.477. The van der Waals surface area contributed by atoms with Gasteiger partial charge in [-0.05, 0) is 192 Å². The summed E-state index contributed by atoms with van der Waals surface area (Å²) in [5.41, 5.74) is 17.4. The smallest absolute Gasteiger partial charge is 0.493 e. The fourth-order valence-corrected chi connectivity index (χ4v) is 22.7. The molecule has 0 bridgehead atoms. The normalized spacial score (nSPS) is 21.4. The van der Waals surface area contributed by atoms with Crippen LogP contribution in [0.4, 0.5) is 21.9 Å². The van der Waals surface area contributed by atoms with E-state index in [-0.39, 0.29) is 116 Å². The van der Waals surface area contributed by atoms with Crippen molar-refractivity contribution in [3.8, 4) is 40.2 Å². The number of quaternary nitrogens is 1. The van der Waals surface area contributed by atoms with Crippen LogP contribution in [-0.2, 0) is 102 Å². The zero-order valence-corrected chi connectivity index (χ0v) is 86.2. The summed E-state index contributed by atoms with van der Waals surface area (Å²) in [4.78, 5) is 97.0. The Morgan fingerprint density at radius 2 is 1.22 bits per heavy atom. The first kappa shape index (κ1) is 104. The molecule has 9 aliphatic rings. The highest BCUT2D eigenvalue weighted by atomic mass is 32.3. The number of thiophene rings is 2. The van der Waals surface area contributed by atoms with Gasteiger partial charge in [-0.2, -0.15) is 0 Å². The van der Waals surface area contributed by atoms with Crippen LogP contribution in [0.25, 0.3) is 0 Å². The van der Waals surface area contributed by atoms with Crippen LogP contribution in [0.2, 0.25) is 0 Å². The number of aliphatic hydroxyl groups is 3. The highest BCUT2D eigenvalue weighted by Crippen LogP contribution is 2.55. The summed E-state index contributed by atoms with van der Waals surface area (Å²) >= 11 is 3.48. The number of aliphatic hydroxyl groups excluding tert-OH is 3. The lowest BCUT2D eigenvalue weighted by molar-refractivity contribution is -0.916. The first-order chi connectivity index (χ1) is 68.7. The van der Waals surface area contributed by atoms with Gasteiger partial charge in [0.1, 0.15) is 44.3 Å². The number of allylic oxidation sites excluding steroid dienone is 2. The van der Waals surface area contributed by atoms with Crippen LogP contribution in [0.3, 0.4) is 0 Å². The summed E-state index contributed by atoms with van der Waals surface area (Å²) in [5.74, 6) is 0.541. The molecular formula is C107H131N12O22S3+. The average Bonchev–Trinajstić information content (AvgIpc) is 1.61. The van der Waals surface area contributed by atoms with Crippen LogP contribution >= 0.6 is 22.7 Å². The van der Waals surface area contributed by atoms with Crippen LogP contribution in [0.15, 0.2) is 166 Å². The summed E-state index contributed by atoms with van der Waals surface area (Å²) in [6.07, 6.45) is 5.57. The molecule has 0 radical (unpaired) electrons. The Kier molecular flexibility index (Phi) is 31.2. The Bertz CT molecular complexity index is 6320. The number of imide groups is 1. The number of ether oxygens (including phenoxy) is 9. The van der Waals surface area contributed by atoms with Gasteiger partial charge in [0, 0.05) is 155 Å². The number of alkyl carbamates (subject to hydrolysis) is 1. The maximum Gasteiger partial charge on any atom is 0.501 e. The molecule has 8 N–H and O–H groups in total. The quantitative estimate of drug-likeness (QED) is 0.0130. The monoisotopic (exact) mass is 2030 g/mol. The van der Waals surface area contributed by atoms with Gasteiger partial charge in [-0.25, -0.2) is 9.69 Å². The lowest BCUT2D eigenvalue weighted by Gasteiger charge is -2.37. The van der Waals surface area contributed by atoms with Crippen molar-refractivity contribution < 1.29 is 108 Å². The van der Waals surface area contributed by atoms with E-state index in [2.05, 4.69) is 127 Å². The lowest BCUT2D eigenvalue weighted by Crippen LogP contribution is -2.51. The molecule has 2 aromatic heterocycles. The third-order valence-electron chi connectivity index (χ3n) is 27.9. The van der Waals surface area contributed by atoms with Gasteiger partial charge in [0.15, 0.2) is 34.5 Å². The van der Waals surface area contributed by atoms with Crippen molar-refractivity contribution in [3.05, 3.63) is 221 Å². The molecule has 8 aromatic rings. The molecule has 7 unspecified atom stereocenters. The largest absolute Gasteiger partial charge is 0.501 e. The molecule has 1 saturated heterocycles. The van der Waals surface area contributed by atoms with Crippen LogP contribution in [0.5, 0.6) is 40.2 Å². The standard InChI is InChI=1S/C107H130N12O22S3/c1-64-79-41-88(131-12)90(43-83(79)108-46-74-39-94-71(30-32-142-94)48-115(64)74)135-53-68-34-67(35-69(36-68)54-136-91-44-84-80(42-89(91)132-13)102(127)116-49-72-31-33-143-95(72)40-75(116)47-109-84)51-119(10,11)50-66-16-21-76(22-17-66)140-144(129,130)141-92-38-70(18-27-87(92)138-99-45-86(121)100(125)93(52-120)139-99)101(126)111-57-105(4,5)61-133-62-106(6,7)58-112-103(128)137-55-81-77-23-25-82-85(26-24-78(77)81)117(114-113-82)59-107(8,9)63-134-60-104(2,3)56-110-96(122)37-65-14-19-73(20-15-65)118-97(123)28-29-98(118)124/h14-22,27-36,38,41-44,46-47,64,74-75,77-78,81,86,93,99-100,120-121,125H,23-26,37,39-40,45,48-63H2,1-13H3,(H4-,110,111,112,113,114,122,123,124,126,128)/p+1/t64?,74?,75?,77?,78-,81?,86?,93+,99+,100?/m0/s1. The van der Waals surface area contributed by atoms with Crippen molar-refractivity contribution >= 4 is 98.2 Å². The first-order valence-corrected chi connectivity index (χ1v) is 52.1. The third-order valence-corrected chi connectivity index (χ3v) is 30.7. The summed E-state index contributed by atoms with van der Waals surface area (Å²) in [6, 6.07) is 35.2. The molecule has 2 fully saturated rings.